The van der Waals surface area contributed by atoms with E-state index >= 15 is 0 Å². The third-order valence-corrected chi connectivity index (χ3v) is 8.06. The number of nitrogens with two attached hydrogens (primary N) is 1. The van der Waals surface area contributed by atoms with Crippen molar-refractivity contribution in [2.75, 3.05) is 0 Å². The fourth-order valence-electron chi connectivity index (χ4n) is 5.52. The number of nitrogens with one attached hydrogen (secondary N) is 1. The standard InChI is InChI=1S/C23H33IN2O/c24-18-8-4-7-17(14-18)21(13-16-5-2-1-3-6-16)26-22(27)20-15-23(20)11-9-19(25)10-12-23/h4,7-8,14,16,19-21H,1-3,5-6,9-13,15,25H2,(H,26,27). The number of halogens is 1. The molecule has 27 heavy (non-hydrogen) atoms. The SMILES string of the molecule is NC1CCC2(CC1)CC2C(=O)NC(CC1CCCCC1)c1cccc(I)c1. The van der Waals surface area contributed by atoms with Crippen LogP contribution in [-0.4, -0.2) is 11.9 Å². The van der Waals surface area contributed by atoms with E-state index in [4.69, 9.17) is 5.73 Å². The second kappa shape index (κ2) is 8.40. The van der Waals surface area contributed by atoms with Gasteiger partial charge in [0.25, 0.3) is 0 Å². The molecule has 0 saturated heterocycles. The summed E-state index contributed by atoms with van der Waals surface area (Å²) in [5.74, 6) is 1.27. The Labute approximate surface area is 177 Å². The summed E-state index contributed by atoms with van der Waals surface area (Å²) >= 11 is 2.38. The van der Waals surface area contributed by atoms with Crippen LogP contribution in [0.3, 0.4) is 0 Å². The molecule has 4 heteroatoms. The number of hydrogen-bond acceptors (Lipinski definition) is 2. The molecule has 0 aliphatic heterocycles. The quantitative estimate of drug-likeness (QED) is 0.560. The maximum Gasteiger partial charge on any atom is 0.224 e. The normalized spacial score (nSPS) is 32.2. The summed E-state index contributed by atoms with van der Waals surface area (Å²) in [5, 5.41) is 3.48. The van der Waals surface area contributed by atoms with Gasteiger partial charge in [-0.1, -0.05) is 44.2 Å². The Morgan fingerprint density at radius 3 is 2.63 bits per heavy atom. The molecule has 1 aromatic rings. The first kappa shape index (κ1) is 19.7. The molecule has 0 bridgehead atoms. The highest BCUT2D eigenvalue weighted by atomic mass is 127. The molecule has 2 atom stereocenters. The van der Waals surface area contributed by atoms with Crippen molar-refractivity contribution in [1.82, 2.24) is 5.32 Å². The van der Waals surface area contributed by atoms with Crippen LogP contribution in [0.4, 0.5) is 0 Å². The van der Waals surface area contributed by atoms with Crippen molar-refractivity contribution in [3.8, 4) is 0 Å². The van der Waals surface area contributed by atoms with Gasteiger partial charge >= 0.3 is 0 Å². The molecule has 3 fully saturated rings. The number of rotatable bonds is 5. The number of carbonyl (C=O) groups excluding carboxylic acids is 1. The lowest BCUT2D eigenvalue weighted by molar-refractivity contribution is -0.124. The summed E-state index contributed by atoms with van der Waals surface area (Å²) in [4.78, 5) is 13.1. The smallest absolute Gasteiger partial charge is 0.224 e. The molecular formula is C23H33IN2O. The summed E-state index contributed by atoms with van der Waals surface area (Å²) < 4.78 is 1.25. The van der Waals surface area contributed by atoms with E-state index in [9.17, 15) is 4.79 Å². The average molecular weight is 480 g/mol. The van der Waals surface area contributed by atoms with Crippen molar-refractivity contribution in [3.63, 3.8) is 0 Å². The Hall–Kier alpha value is -0.620. The molecule has 2 unspecified atom stereocenters. The Balaban J connectivity index is 1.43. The number of benzene rings is 1. The number of amides is 1. The van der Waals surface area contributed by atoms with Crippen LogP contribution in [0.25, 0.3) is 0 Å². The van der Waals surface area contributed by atoms with E-state index < -0.39 is 0 Å². The third-order valence-electron chi connectivity index (χ3n) is 7.39. The molecule has 0 heterocycles. The Bertz CT molecular complexity index is 662. The van der Waals surface area contributed by atoms with Gasteiger partial charge in [-0.05, 0) is 90.1 Å². The van der Waals surface area contributed by atoms with Crippen molar-refractivity contribution in [2.24, 2.45) is 23.0 Å². The lowest BCUT2D eigenvalue weighted by Crippen LogP contribution is -2.35. The fraction of sp³-hybridized carbons (Fsp3) is 0.696. The van der Waals surface area contributed by atoms with Gasteiger partial charge in [0.2, 0.25) is 5.91 Å². The van der Waals surface area contributed by atoms with Crippen LogP contribution < -0.4 is 11.1 Å². The van der Waals surface area contributed by atoms with Gasteiger partial charge in [0.15, 0.2) is 0 Å². The molecule has 0 radical (unpaired) electrons. The topological polar surface area (TPSA) is 55.1 Å². The minimum Gasteiger partial charge on any atom is -0.349 e. The number of hydrogen-bond donors (Lipinski definition) is 2. The van der Waals surface area contributed by atoms with E-state index in [2.05, 4.69) is 52.2 Å². The molecule has 3 nitrogen and oxygen atoms in total. The van der Waals surface area contributed by atoms with Crippen LogP contribution in [0.15, 0.2) is 24.3 Å². The molecule has 4 rings (SSSR count). The first-order chi connectivity index (χ1) is 13.1. The summed E-state index contributed by atoms with van der Waals surface area (Å²) in [6.07, 6.45) is 13.4. The van der Waals surface area contributed by atoms with E-state index in [0.29, 0.717) is 11.9 Å². The highest BCUT2D eigenvalue weighted by Gasteiger charge is 2.58. The zero-order valence-corrected chi connectivity index (χ0v) is 18.4. The lowest BCUT2D eigenvalue weighted by atomic mass is 9.81. The molecule has 1 spiro atoms. The van der Waals surface area contributed by atoms with E-state index in [1.165, 1.54) is 41.2 Å². The van der Waals surface area contributed by atoms with Crippen molar-refractivity contribution in [2.45, 2.75) is 82.7 Å². The van der Waals surface area contributed by atoms with E-state index in [1.54, 1.807) is 0 Å². The molecule has 3 aliphatic rings. The van der Waals surface area contributed by atoms with Gasteiger partial charge in [-0.25, -0.2) is 0 Å². The van der Waals surface area contributed by atoms with Crippen molar-refractivity contribution < 1.29 is 4.79 Å². The average Bonchev–Trinajstić information content (AvgIpc) is 3.39. The summed E-state index contributed by atoms with van der Waals surface area (Å²) in [6.45, 7) is 0. The summed E-state index contributed by atoms with van der Waals surface area (Å²) in [5.41, 5.74) is 7.64. The van der Waals surface area contributed by atoms with Crippen LogP contribution in [0.2, 0.25) is 0 Å². The van der Waals surface area contributed by atoms with E-state index in [-0.39, 0.29) is 17.4 Å². The molecule has 3 aliphatic carbocycles. The maximum atomic E-state index is 13.1. The van der Waals surface area contributed by atoms with Crippen LogP contribution in [0.1, 0.15) is 82.2 Å². The number of carbonyl (C=O) groups is 1. The third kappa shape index (κ3) is 4.69. The monoisotopic (exact) mass is 480 g/mol. The van der Waals surface area contributed by atoms with Gasteiger partial charge in [-0.2, -0.15) is 0 Å². The Kier molecular flexibility index (Phi) is 6.12. The van der Waals surface area contributed by atoms with Gasteiger partial charge in [0, 0.05) is 15.5 Å². The lowest BCUT2D eigenvalue weighted by Gasteiger charge is -2.29. The van der Waals surface area contributed by atoms with Crippen LogP contribution >= 0.6 is 22.6 Å². The largest absolute Gasteiger partial charge is 0.349 e. The zero-order chi connectivity index (χ0) is 18.9. The van der Waals surface area contributed by atoms with Crippen LogP contribution in [0.5, 0.6) is 0 Å². The second-order valence-electron chi connectivity index (χ2n) is 9.31. The Morgan fingerprint density at radius 2 is 1.93 bits per heavy atom. The van der Waals surface area contributed by atoms with Gasteiger partial charge in [-0.15, -0.1) is 0 Å². The van der Waals surface area contributed by atoms with Crippen LogP contribution in [-0.2, 0) is 4.79 Å². The summed E-state index contributed by atoms with van der Waals surface area (Å²) in [7, 11) is 0. The predicted molar refractivity (Wildman–Crippen MR) is 118 cm³/mol. The Morgan fingerprint density at radius 1 is 1.19 bits per heavy atom. The predicted octanol–water partition coefficient (Wildman–Crippen LogP) is 5.33. The van der Waals surface area contributed by atoms with E-state index in [1.807, 2.05) is 0 Å². The van der Waals surface area contributed by atoms with Gasteiger partial charge in [0.1, 0.15) is 0 Å². The molecule has 1 amide bonds. The van der Waals surface area contributed by atoms with Crippen molar-refractivity contribution in [1.29, 1.82) is 0 Å². The van der Waals surface area contributed by atoms with Crippen LogP contribution in [0, 0.1) is 20.8 Å². The highest BCUT2D eigenvalue weighted by Crippen LogP contribution is 2.61. The molecule has 0 aromatic heterocycles. The first-order valence-electron chi connectivity index (χ1n) is 10.9. The molecular weight excluding hydrogens is 447 g/mol. The van der Waals surface area contributed by atoms with E-state index in [0.717, 1.165) is 44.4 Å². The highest BCUT2D eigenvalue weighted by molar-refractivity contribution is 14.1. The van der Waals surface area contributed by atoms with Gasteiger partial charge in [0.05, 0.1) is 6.04 Å². The molecule has 148 valence electrons. The van der Waals surface area contributed by atoms with Crippen molar-refractivity contribution >= 4 is 28.5 Å². The molecule has 3 N–H and O–H groups in total. The van der Waals surface area contributed by atoms with Gasteiger partial charge in [-0.3, -0.25) is 4.79 Å². The maximum absolute atomic E-state index is 13.1. The zero-order valence-electron chi connectivity index (χ0n) is 16.3. The summed E-state index contributed by atoms with van der Waals surface area (Å²) in [6, 6.07) is 9.21. The molecule has 1 aromatic carbocycles. The van der Waals surface area contributed by atoms with Gasteiger partial charge < -0.3 is 11.1 Å². The minimum absolute atomic E-state index is 0.166. The fourth-order valence-corrected chi connectivity index (χ4v) is 6.08. The molecule has 3 saturated carbocycles. The minimum atomic E-state index is 0.166. The van der Waals surface area contributed by atoms with Crippen molar-refractivity contribution in [3.05, 3.63) is 33.4 Å². The second-order valence-corrected chi connectivity index (χ2v) is 10.6. The first-order valence-corrected chi connectivity index (χ1v) is 11.9.